The molecule has 0 bridgehead atoms. The number of methoxy groups -OCH3 is 1. The maximum absolute atomic E-state index is 13.3. The molecule has 0 radical (unpaired) electrons. The van der Waals surface area contributed by atoms with Gasteiger partial charge in [-0.3, -0.25) is 14.5 Å². The van der Waals surface area contributed by atoms with Crippen molar-refractivity contribution in [3.05, 3.63) is 70.5 Å². The highest BCUT2D eigenvalue weighted by Gasteiger charge is 2.42. The van der Waals surface area contributed by atoms with Gasteiger partial charge in [-0.15, -0.1) is 0 Å². The third kappa shape index (κ3) is 4.92. The van der Waals surface area contributed by atoms with Crippen molar-refractivity contribution in [2.75, 3.05) is 25.5 Å². The summed E-state index contributed by atoms with van der Waals surface area (Å²) in [5.74, 6) is -0.373. The van der Waals surface area contributed by atoms with E-state index in [1.807, 2.05) is 6.20 Å². The van der Waals surface area contributed by atoms with Crippen molar-refractivity contribution < 1.29 is 14.3 Å². The van der Waals surface area contributed by atoms with Crippen LogP contribution in [0.3, 0.4) is 0 Å². The summed E-state index contributed by atoms with van der Waals surface area (Å²) in [5.41, 5.74) is 7.12. The molecule has 2 atom stereocenters. The van der Waals surface area contributed by atoms with Crippen molar-refractivity contribution >= 4 is 34.5 Å². The van der Waals surface area contributed by atoms with Gasteiger partial charge in [0.1, 0.15) is 11.0 Å². The standard InChI is InChI=1S/C28H30N8O3/c1-16-8-17(2)10-20(9-16)30-28-29-12-19-13-36(15-24(19)31-28)25-6-7-35(14-21(25)27(38)39-3)26(37)18-4-5-22-23(11-18)33-34-32-22/h4-5,8-12,21,25H,6-7,13-15H2,1-3H3,(H,29,30,31)(H,32,33,34)/t21-,25+/m1/s1. The molecular weight excluding hydrogens is 496 g/mol. The van der Waals surface area contributed by atoms with Gasteiger partial charge in [-0.1, -0.05) is 6.07 Å². The number of benzene rings is 2. The van der Waals surface area contributed by atoms with Gasteiger partial charge in [-0.05, 0) is 61.7 Å². The van der Waals surface area contributed by atoms with Crippen LogP contribution >= 0.6 is 0 Å². The van der Waals surface area contributed by atoms with Crippen LogP contribution in [-0.4, -0.2) is 73.3 Å². The highest BCUT2D eigenvalue weighted by Crippen LogP contribution is 2.32. The second-order valence-corrected chi connectivity index (χ2v) is 10.3. The number of anilines is 2. The molecule has 0 aliphatic carbocycles. The number of fused-ring (bicyclic) bond motifs is 2. The van der Waals surface area contributed by atoms with Gasteiger partial charge in [-0.2, -0.15) is 15.4 Å². The number of esters is 1. The lowest BCUT2D eigenvalue weighted by atomic mass is 9.90. The van der Waals surface area contributed by atoms with E-state index in [2.05, 4.69) is 62.7 Å². The van der Waals surface area contributed by atoms with Crippen molar-refractivity contribution in [3.63, 3.8) is 0 Å². The number of nitrogens with one attached hydrogen (secondary N) is 2. The molecule has 2 aromatic carbocycles. The average Bonchev–Trinajstić information content (AvgIpc) is 3.57. The normalized spacial score (nSPS) is 19.2. The molecule has 4 aromatic rings. The van der Waals surface area contributed by atoms with E-state index in [4.69, 9.17) is 9.72 Å². The number of nitrogens with zero attached hydrogens (tertiary/aromatic N) is 6. The van der Waals surface area contributed by atoms with Crippen LogP contribution in [0, 0.1) is 19.8 Å². The lowest BCUT2D eigenvalue weighted by Crippen LogP contribution is -2.54. The van der Waals surface area contributed by atoms with Crippen molar-refractivity contribution in [2.24, 2.45) is 5.92 Å². The molecule has 0 saturated carbocycles. The van der Waals surface area contributed by atoms with Gasteiger partial charge in [0.2, 0.25) is 5.95 Å². The average molecular weight is 527 g/mol. The Kier molecular flexibility index (Phi) is 6.43. The number of piperidine rings is 1. The van der Waals surface area contributed by atoms with Crippen LogP contribution in [0.4, 0.5) is 11.6 Å². The molecule has 1 saturated heterocycles. The summed E-state index contributed by atoms with van der Waals surface area (Å²) in [6, 6.07) is 11.4. The first kappa shape index (κ1) is 24.9. The minimum Gasteiger partial charge on any atom is -0.469 e. The molecule has 200 valence electrons. The molecule has 2 aliphatic rings. The van der Waals surface area contributed by atoms with Crippen molar-refractivity contribution in [2.45, 2.75) is 39.4 Å². The molecule has 2 aliphatic heterocycles. The number of amides is 1. The number of aromatic nitrogens is 5. The number of H-pyrrole nitrogens is 1. The van der Waals surface area contributed by atoms with Crippen LogP contribution in [0.1, 0.15) is 39.2 Å². The molecule has 2 N–H and O–H groups in total. The van der Waals surface area contributed by atoms with Gasteiger partial charge < -0.3 is 15.0 Å². The Labute approximate surface area is 225 Å². The summed E-state index contributed by atoms with van der Waals surface area (Å²) >= 11 is 0. The van der Waals surface area contributed by atoms with E-state index in [1.54, 1.807) is 23.1 Å². The number of rotatable bonds is 5. The Morgan fingerprint density at radius 1 is 1.05 bits per heavy atom. The summed E-state index contributed by atoms with van der Waals surface area (Å²) in [4.78, 5) is 39.6. The van der Waals surface area contributed by atoms with E-state index >= 15 is 0 Å². The fraction of sp³-hybridized carbons (Fsp3) is 0.357. The Morgan fingerprint density at radius 3 is 2.64 bits per heavy atom. The smallest absolute Gasteiger partial charge is 0.312 e. The summed E-state index contributed by atoms with van der Waals surface area (Å²) in [6.45, 7) is 6.19. The minimum atomic E-state index is -0.474. The number of aromatic amines is 1. The highest BCUT2D eigenvalue weighted by molar-refractivity contribution is 5.97. The van der Waals surface area contributed by atoms with Crippen LogP contribution in [0.5, 0.6) is 0 Å². The zero-order chi connectivity index (χ0) is 27.1. The quantitative estimate of drug-likeness (QED) is 0.377. The predicted octanol–water partition coefficient (Wildman–Crippen LogP) is 3.13. The lowest BCUT2D eigenvalue weighted by molar-refractivity contribution is -0.150. The lowest BCUT2D eigenvalue weighted by Gasteiger charge is -2.41. The molecule has 2 aromatic heterocycles. The minimum absolute atomic E-state index is 0.0791. The second-order valence-electron chi connectivity index (χ2n) is 10.3. The van der Waals surface area contributed by atoms with Gasteiger partial charge in [0, 0.05) is 55.2 Å². The zero-order valence-electron chi connectivity index (χ0n) is 22.1. The molecule has 4 heterocycles. The first-order chi connectivity index (χ1) is 18.9. The topological polar surface area (TPSA) is 129 Å². The Bertz CT molecular complexity index is 1550. The summed E-state index contributed by atoms with van der Waals surface area (Å²) in [5, 5.41) is 14.0. The van der Waals surface area contributed by atoms with Crippen LogP contribution in [0.15, 0.2) is 42.6 Å². The number of carbonyl (C=O) groups excluding carboxylic acids is 2. The summed E-state index contributed by atoms with van der Waals surface area (Å²) in [7, 11) is 1.40. The third-order valence-electron chi connectivity index (χ3n) is 7.56. The number of ether oxygens (including phenoxy) is 1. The predicted molar refractivity (Wildman–Crippen MR) is 144 cm³/mol. The number of carbonyl (C=O) groups is 2. The second kappa shape index (κ2) is 10.1. The van der Waals surface area contributed by atoms with Gasteiger partial charge in [0.15, 0.2) is 0 Å². The fourth-order valence-corrected chi connectivity index (χ4v) is 5.75. The van der Waals surface area contributed by atoms with Gasteiger partial charge in [0.05, 0.1) is 18.7 Å². The first-order valence-electron chi connectivity index (χ1n) is 13.0. The van der Waals surface area contributed by atoms with Gasteiger partial charge in [-0.25, -0.2) is 9.97 Å². The third-order valence-corrected chi connectivity index (χ3v) is 7.56. The van der Waals surface area contributed by atoms with Crippen molar-refractivity contribution in [1.82, 2.24) is 35.2 Å². The highest BCUT2D eigenvalue weighted by atomic mass is 16.5. The number of hydrogen-bond acceptors (Lipinski definition) is 9. The van der Waals surface area contributed by atoms with Crippen LogP contribution in [-0.2, 0) is 22.6 Å². The zero-order valence-corrected chi connectivity index (χ0v) is 22.1. The molecule has 6 rings (SSSR count). The SMILES string of the molecule is COC(=O)[C@@H]1CN(C(=O)c2ccc3n[nH]nc3c2)CC[C@@H]1N1Cc2cnc(Nc3cc(C)cc(C)c3)nc2C1. The van der Waals surface area contributed by atoms with Crippen molar-refractivity contribution in [3.8, 4) is 0 Å². The monoisotopic (exact) mass is 526 g/mol. The molecule has 11 nitrogen and oxygen atoms in total. The van der Waals surface area contributed by atoms with Gasteiger partial charge in [0.25, 0.3) is 5.91 Å². The summed E-state index contributed by atoms with van der Waals surface area (Å²) in [6.07, 6.45) is 2.51. The maximum Gasteiger partial charge on any atom is 0.312 e. The van der Waals surface area contributed by atoms with E-state index in [0.29, 0.717) is 48.6 Å². The largest absolute Gasteiger partial charge is 0.469 e. The maximum atomic E-state index is 13.3. The van der Waals surface area contributed by atoms with Crippen LogP contribution in [0.2, 0.25) is 0 Å². The summed E-state index contributed by atoms with van der Waals surface area (Å²) < 4.78 is 5.18. The number of hydrogen-bond donors (Lipinski definition) is 2. The van der Waals surface area contributed by atoms with Crippen LogP contribution in [0.25, 0.3) is 11.0 Å². The van der Waals surface area contributed by atoms with E-state index in [9.17, 15) is 9.59 Å². The molecule has 0 unspecified atom stereocenters. The molecule has 1 fully saturated rings. The Balaban J connectivity index is 1.17. The fourth-order valence-electron chi connectivity index (χ4n) is 5.75. The molecule has 11 heteroatoms. The molecule has 39 heavy (non-hydrogen) atoms. The van der Waals surface area contributed by atoms with Gasteiger partial charge >= 0.3 is 5.97 Å². The Morgan fingerprint density at radius 2 is 1.85 bits per heavy atom. The number of likely N-dealkylation sites (tertiary alicyclic amines) is 1. The molecule has 1 amide bonds. The Hall–Kier alpha value is -4.38. The van der Waals surface area contributed by atoms with E-state index in [1.165, 1.54) is 18.2 Å². The number of aryl methyl sites for hydroxylation is 2. The van der Waals surface area contributed by atoms with Crippen LogP contribution < -0.4 is 5.32 Å². The van der Waals surface area contributed by atoms with E-state index in [-0.39, 0.29) is 24.5 Å². The van der Waals surface area contributed by atoms with E-state index < -0.39 is 5.92 Å². The van der Waals surface area contributed by atoms with E-state index in [0.717, 1.165) is 16.9 Å². The molecule has 0 spiro atoms. The molecular formula is C28H30N8O3. The first-order valence-corrected chi connectivity index (χ1v) is 13.0. The van der Waals surface area contributed by atoms with Crippen molar-refractivity contribution in [1.29, 1.82) is 0 Å².